The number of hydrogen-bond acceptors (Lipinski definition) is 3. The van der Waals surface area contributed by atoms with Crippen molar-refractivity contribution in [2.24, 2.45) is 11.3 Å². The van der Waals surface area contributed by atoms with Crippen molar-refractivity contribution in [1.82, 2.24) is 4.90 Å². The zero-order chi connectivity index (χ0) is 13.5. The van der Waals surface area contributed by atoms with Gasteiger partial charge in [0.1, 0.15) is 6.04 Å². The van der Waals surface area contributed by atoms with Crippen LogP contribution < -0.4 is 0 Å². The Morgan fingerprint density at radius 2 is 2.06 bits per heavy atom. The maximum Gasteiger partial charge on any atom is 0.327 e. The van der Waals surface area contributed by atoms with Gasteiger partial charge in [-0.05, 0) is 25.2 Å². The summed E-state index contributed by atoms with van der Waals surface area (Å²) in [5, 5.41) is 9.20. The minimum absolute atomic E-state index is 0.00706. The highest BCUT2D eigenvalue weighted by Crippen LogP contribution is 2.45. The van der Waals surface area contributed by atoms with E-state index in [-0.39, 0.29) is 22.6 Å². The molecule has 0 aromatic rings. The Morgan fingerprint density at radius 1 is 1.39 bits per heavy atom. The molecule has 0 bridgehead atoms. The molecular weight excluding hydrogens is 250 g/mol. The van der Waals surface area contributed by atoms with E-state index < -0.39 is 12.0 Å². The molecule has 1 amide bonds. The average Bonchev–Trinajstić information content (AvgIpc) is 2.80. The highest BCUT2D eigenvalue weighted by atomic mass is 32.2. The van der Waals surface area contributed by atoms with Crippen LogP contribution in [0.1, 0.15) is 40.0 Å². The standard InChI is InChI=1S/C13H21NO3S/c1-8-14(10(7-18-8)12(16)17)11(15)9-5-4-6-13(9,2)3/h8-10H,4-7H2,1-3H3,(H,16,17). The molecule has 2 fully saturated rings. The van der Waals surface area contributed by atoms with Gasteiger partial charge in [-0.25, -0.2) is 4.79 Å². The number of nitrogens with zero attached hydrogens (tertiary/aromatic N) is 1. The number of aliphatic carboxylic acids is 1. The maximum absolute atomic E-state index is 12.6. The summed E-state index contributed by atoms with van der Waals surface area (Å²) in [5.74, 6) is -0.339. The largest absolute Gasteiger partial charge is 0.480 e. The number of rotatable bonds is 2. The van der Waals surface area contributed by atoms with Gasteiger partial charge >= 0.3 is 5.97 Å². The normalized spacial score (nSPS) is 34.8. The summed E-state index contributed by atoms with van der Waals surface area (Å²) < 4.78 is 0. The van der Waals surface area contributed by atoms with Crippen LogP contribution in [0.2, 0.25) is 0 Å². The Morgan fingerprint density at radius 3 is 2.56 bits per heavy atom. The van der Waals surface area contributed by atoms with Gasteiger partial charge in [0.15, 0.2) is 0 Å². The predicted molar refractivity (Wildman–Crippen MR) is 71.3 cm³/mol. The molecule has 0 radical (unpaired) electrons. The van der Waals surface area contributed by atoms with E-state index in [1.54, 1.807) is 16.7 Å². The topological polar surface area (TPSA) is 57.6 Å². The molecule has 1 saturated heterocycles. The van der Waals surface area contributed by atoms with E-state index in [0.717, 1.165) is 19.3 Å². The van der Waals surface area contributed by atoms with Gasteiger partial charge in [-0.2, -0.15) is 0 Å². The van der Waals surface area contributed by atoms with E-state index in [1.165, 1.54) is 0 Å². The number of amides is 1. The number of carboxylic acid groups (broad SMARTS) is 1. The lowest BCUT2D eigenvalue weighted by Crippen LogP contribution is -2.49. The lowest BCUT2D eigenvalue weighted by atomic mass is 9.81. The van der Waals surface area contributed by atoms with Crippen LogP contribution in [-0.4, -0.2) is 39.1 Å². The van der Waals surface area contributed by atoms with Crippen LogP contribution >= 0.6 is 11.8 Å². The maximum atomic E-state index is 12.6. The van der Waals surface area contributed by atoms with Gasteiger partial charge in [0.05, 0.1) is 5.37 Å². The van der Waals surface area contributed by atoms with Crippen LogP contribution in [-0.2, 0) is 9.59 Å². The number of carbonyl (C=O) groups excluding carboxylic acids is 1. The molecule has 4 nitrogen and oxygen atoms in total. The van der Waals surface area contributed by atoms with Crippen LogP contribution in [0.4, 0.5) is 0 Å². The second kappa shape index (κ2) is 4.76. The highest BCUT2D eigenvalue weighted by molar-refractivity contribution is 8.00. The minimum atomic E-state index is -0.879. The first kappa shape index (κ1) is 13.7. The van der Waals surface area contributed by atoms with Gasteiger partial charge < -0.3 is 10.0 Å². The summed E-state index contributed by atoms with van der Waals surface area (Å²) in [6.45, 7) is 6.16. The van der Waals surface area contributed by atoms with Crippen LogP contribution in [0.25, 0.3) is 0 Å². The van der Waals surface area contributed by atoms with Crippen molar-refractivity contribution in [3.8, 4) is 0 Å². The molecule has 1 aliphatic heterocycles. The molecule has 5 heteroatoms. The van der Waals surface area contributed by atoms with Crippen molar-refractivity contribution in [3.05, 3.63) is 0 Å². The fourth-order valence-electron chi connectivity index (χ4n) is 3.13. The second-order valence-corrected chi connectivity index (χ2v) is 7.31. The summed E-state index contributed by atoms with van der Waals surface area (Å²) in [5.41, 5.74) is 0.00706. The third-order valence-electron chi connectivity index (χ3n) is 4.32. The Bertz CT molecular complexity index is 369. The number of hydrogen-bond donors (Lipinski definition) is 1. The van der Waals surface area contributed by atoms with Crippen LogP contribution in [0.5, 0.6) is 0 Å². The molecule has 1 saturated carbocycles. The van der Waals surface area contributed by atoms with Crippen molar-refractivity contribution in [3.63, 3.8) is 0 Å². The molecule has 2 rings (SSSR count). The Labute approximate surface area is 112 Å². The van der Waals surface area contributed by atoms with Gasteiger partial charge in [-0.15, -0.1) is 11.8 Å². The highest BCUT2D eigenvalue weighted by Gasteiger charge is 2.47. The summed E-state index contributed by atoms with van der Waals surface area (Å²) in [6.07, 6.45) is 3.01. The molecule has 0 spiro atoms. The molecule has 1 heterocycles. The third-order valence-corrected chi connectivity index (χ3v) is 5.54. The summed E-state index contributed by atoms with van der Waals surface area (Å²) >= 11 is 1.55. The SMILES string of the molecule is CC1SCC(C(=O)O)N1C(=O)C1CCCC1(C)C. The monoisotopic (exact) mass is 271 g/mol. The molecule has 0 aromatic heterocycles. The van der Waals surface area contributed by atoms with Crippen molar-refractivity contribution >= 4 is 23.6 Å². The van der Waals surface area contributed by atoms with Crippen LogP contribution in [0.3, 0.4) is 0 Å². The van der Waals surface area contributed by atoms with Crippen molar-refractivity contribution in [2.45, 2.75) is 51.4 Å². The van der Waals surface area contributed by atoms with Crippen LogP contribution in [0.15, 0.2) is 0 Å². The fourth-order valence-corrected chi connectivity index (χ4v) is 4.31. The van der Waals surface area contributed by atoms with Gasteiger partial charge in [0.25, 0.3) is 0 Å². The molecule has 102 valence electrons. The molecule has 2 aliphatic rings. The first-order valence-corrected chi connectivity index (χ1v) is 7.56. The lowest BCUT2D eigenvalue weighted by molar-refractivity contribution is -0.152. The van der Waals surface area contributed by atoms with Gasteiger partial charge in [0, 0.05) is 11.7 Å². The third kappa shape index (κ3) is 2.25. The average molecular weight is 271 g/mol. The quantitative estimate of drug-likeness (QED) is 0.836. The molecule has 1 N–H and O–H groups in total. The van der Waals surface area contributed by atoms with E-state index in [4.69, 9.17) is 0 Å². The lowest BCUT2D eigenvalue weighted by Gasteiger charge is -2.33. The summed E-state index contributed by atoms with van der Waals surface area (Å²) in [7, 11) is 0. The molecule has 18 heavy (non-hydrogen) atoms. The van der Waals surface area contributed by atoms with E-state index in [2.05, 4.69) is 13.8 Å². The van der Waals surface area contributed by atoms with E-state index in [9.17, 15) is 14.7 Å². The number of thioether (sulfide) groups is 1. The predicted octanol–water partition coefficient (Wildman–Crippen LogP) is 2.19. The zero-order valence-electron chi connectivity index (χ0n) is 11.2. The molecular formula is C13H21NO3S. The van der Waals surface area contributed by atoms with Gasteiger partial charge in [0.2, 0.25) is 5.91 Å². The van der Waals surface area contributed by atoms with Gasteiger partial charge in [-0.3, -0.25) is 4.79 Å². The summed E-state index contributed by atoms with van der Waals surface area (Å²) in [6, 6.07) is -0.645. The van der Waals surface area contributed by atoms with E-state index in [0.29, 0.717) is 5.75 Å². The van der Waals surface area contributed by atoms with Crippen molar-refractivity contribution in [1.29, 1.82) is 0 Å². The first-order chi connectivity index (χ1) is 8.34. The minimum Gasteiger partial charge on any atom is -0.480 e. The number of carbonyl (C=O) groups is 2. The second-order valence-electron chi connectivity index (χ2n) is 5.97. The fraction of sp³-hybridized carbons (Fsp3) is 0.846. The van der Waals surface area contributed by atoms with Crippen LogP contribution in [0, 0.1) is 11.3 Å². The van der Waals surface area contributed by atoms with Gasteiger partial charge in [-0.1, -0.05) is 20.3 Å². The smallest absolute Gasteiger partial charge is 0.327 e. The Kier molecular flexibility index (Phi) is 3.63. The van der Waals surface area contributed by atoms with E-state index in [1.807, 2.05) is 6.92 Å². The Balaban J connectivity index is 2.19. The van der Waals surface area contributed by atoms with Crippen molar-refractivity contribution in [2.75, 3.05) is 5.75 Å². The molecule has 0 aromatic carbocycles. The summed E-state index contributed by atoms with van der Waals surface area (Å²) in [4.78, 5) is 25.5. The first-order valence-electron chi connectivity index (χ1n) is 6.51. The van der Waals surface area contributed by atoms with E-state index >= 15 is 0 Å². The molecule has 1 aliphatic carbocycles. The number of carboxylic acids is 1. The van der Waals surface area contributed by atoms with Crippen molar-refractivity contribution < 1.29 is 14.7 Å². The Hall–Kier alpha value is -0.710. The molecule has 3 atom stereocenters. The zero-order valence-corrected chi connectivity index (χ0v) is 12.0. The molecule has 3 unspecified atom stereocenters.